The first-order chi connectivity index (χ1) is 8.72. The number of hydrogen-bond acceptors (Lipinski definition) is 3. The van der Waals surface area contributed by atoms with Crippen LogP contribution in [0.1, 0.15) is 12.5 Å². The minimum Gasteiger partial charge on any atom is -0.353 e. The monoisotopic (exact) mass is 247 g/mol. The van der Waals surface area contributed by atoms with Gasteiger partial charge in [0.2, 0.25) is 5.91 Å². The van der Waals surface area contributed by atoms with Crippen molar-refractivity contribution in [3.63, 3.8) is 0 Å². The van der Waals surface area contributed by atoms with Crippen LogP contribution in [0.25, 0.3) is 0 Å². The summed E-state index contributed by atoms with van der Waals surface area (Å²) < 4.78 is 0. The van der Waals surface area contributed by atoms with Crippen molar-refractivity contribution in [1.29, 1.82) is 0 Å². The maximum atomic E-state index is 11.9. The smallest absolute Gasteiger partial charge is 0.238 e. The zero-order chi connectivity index (χ0) is 13.0. The third kappa shape index (κ3) is 2.89. The number of nitrogens with zero attached hydrogens (tertiary/aromatic N) is 1. The molecule has 2 N–H and O–H groups in total. The SMILES string of the molecule is CNCC1C(=O)NCC(C)N1Cc1ccccc1. The topological polar surface area (TPSA) is 44.4 Å². The van der Waals surface area contributed by atoms with E-state index in [1.54, 1.807) is 0 Å². The van der Waals surface area contributed by atoms with E-state index in [0.29, 0.717) is 12.6 Å². The molecule has 4 heteroatoms. The molecular weight excluding hydrogens is 226 g/mol. The van der Waals surface area contributed by atoms with Gasteiger partial charge in [-0.1, -0.05) is 30.3 Å². The van der Waals surface area contributed by atoms with Crippen molar-refractivity contribution in [2.24, 2.45) is 0 Å². The van der Waals surface area contributed by atoms with Crippen molar-refractivity contribution in [2.75, 3.05) is 20.1 Å². The van der Waals surface area contributed by atoms with E-state index in [9.17, 15) is 4.79 Å². The number of likely N-dealkylation sites (N-methyl/N-ethyl adjacent to an activating group) is 1. The fourth-order valence-electron chi connectivity index (χ4n) is 2.40. The van der Waals surface area contributed by atoms with Gasteiger partial charge in [0.25, 0.3) is 0 Å². The summed E-state index contributed by atoms with van der Waals surface area (Å²) in [7, 11) is 1.88. The largest absolute Gasteiger partial charge is 0.353 e. The molecule has 0 aliphatic carbocycles. The lowest BCUT2D eigenvalue weighted by Crippen LogP contribution is -2.61. The lowest BCUT2D eigenvalue weighted by Gasteiger charge is -2.40. The molecule has 1 aliphatic rings. The molecule has 2 rings (SSSR count). The molecule has 98 valence electrons. The minimum absolute atomic E-state index is 0.0843. The Morgan fingerprint density at radius 2 is 2.11 bits per heavy atom. The molecule has 0 spiro atoms. The maximum Gasteiger partial charge on any atom is 0.238 e. The highest BCUT2D eigenvalue weighted by Gasteiger charge is 2.33. The van der Waals surface area contributed by atoms with Crippen LogP contribution in [0.5, 0.6) is 0 Å². The molecule has 1 fully saturated rings. The van der Waals surface area contributed by atoms with Gasteiger partial charge in [0.05, 0.1) is 0 Å². The van der Waals surface area contributed by atoms with Crippen LogP contribution in [0.2, 0.25) is 0 Å². The fraction of sp³-hybridized carbons (Fsp3) is 0.500. The van der Waals surface area contributed by atoms with E-state index < -0.39 is 0 Å². The predicted octanol–water partition coefficient (Wildman–Crippen LogP) is 0.595. The van der Waals surface area contributed by atoms with Crippen LogP contribution in [0.3, 0.4) is 0 Å². The first-order valence-corrected chi connectivity index (χ1v) is 6.44. The molecule has 0 aromatic heterocycles. The maximum absolute atomic E-state index is 11.9. The summed E-state index contributed by atoms with van der Waals surface area (Å²) in [6, 6.07) is 10.6. The van der Waals surface area contributed by atoms with Crippen LogP contribution in [0.4, 0.5) is 0 Å². The van der Waals surface area contributed by atoms with Crippen molar-refractivity contribution < 1.29 is 4.79 Å². The number of hydrogen-bond donors (Lipinski definition) is 2. The van der Waals surface area contributed by atoms with Gasteiger partial charge < -0.3 is 10.6 Å². The average Bonchev–Trinajstić information content (AvgIpc) is 2.39. The Balaban J connectivity index is 2.13. The molecule has 0 radical (unpaired) electrons. The first kappa shape index (κ1) is 13.1. The normalized spacial score (nSPS) is 24.9. The zero-order valence-electron chi connectivity index (χ0n) is 11.0. The van der Waals surface area contributed by atoms with Crippen LogP contribution < -0.4 is 10.6 Å². The van der Waals surface area contributed by atoms with Crippen LogP contribution in [0.15, 0.2) is 30.3 Å². The molecule has 1 aromatic carbocycles. The third-order valence-corrected chi connectivity index (χ3v) is 3.45. The van der Waals surface area contributed by atoms with Crippen molar-refractivity contribution in [2.45, 2.75) is 25.6 Å². The Morgan fingerprint density at radius 3 is 2.78 bits per heavy atom. The van der Waals surface area contributed by atoms with Gasteiger partial charge in [0.15, 0.2) is 0 Å². The van der Waals surface area contributed by atoms with E-state index in [4.69, 9.17) is 0 Å². The summed E-state index contributed by atoms with van der Waals surface area (Å²) in [5.74, 6) is 0.124. The number of benzene rings is 1. The van der Waals surface area contributed by atoms with E-state index in [-0.39, 0.29) is 11.9 Å². The van der Waals surface area contributed by atoms with Crippen molar-refractivity contribution in [3.05, 3.63) is 35.9 Å². The summed E-state index contributed by atoms with van der Waals surface area (Å²) in [6.45, 7) is 4.39. The van der Waals surface area contributed by atoms with Gasteiger partial charge >= 0.3 is 0 Å². The molecular formula is C14H21N3O. The van der Waals surface area contributed by atoms with Crippen LogP contribution in [-0.4, -0.2) is 43.0 Å². The second-order valence-corrected chi connectivity index (χ2v) is 4.83. The summed E-state index contributed by atoms with van der Waals surface area (Å²) >= 11 is 0. The molecule has 2 atom stereocenters. The number of nitrogens with one attached hydrogen (secondary N) is 2. The average molecular weight is 247 g/mol. The quantitative estimate of drug-likeness (QED) is 0.819. The molecule has 1 amide bonds. The van der Waals surface area contributed by atoms with E-state index >= 15 is 0 Å². The molecule has 0 bridgehead atoms. The molecule has 1 heterocycles. The highest BCUT2D eigenvalue weighted by molar-refractivity contribution is 5.82. The standard InChI is InChI=1S/C14H21N3O/c1-11-8-16-14(18)13(9-15-2)17(11)10-12-6-4-3-5-7-12/h3-7,11,13,15H,8-10H2,1-2H3,(H,16,18). The van der Waals surface area contributed by atoms with Gasteiger partial charge in [-0.25, -0.2) is 0 Å². The van der Waals surface area contributed by atoms with Gasteiger partial charge in [0, 0.05) is 25.7 Å². The number of amides is 1. The van der Waals surface area contributed by atoms with E-state index in [0.717, 1.165) is 13.1 Å². The summed E-state index contributed by atoms with van der Waals surface area (Å²) in [4.78, 5) is 14.2. The van der Waals surface area contributed by atoms with Crippen molar-refractivity contribution in [3.8, 4) is 0 Å². The highest BCUT2D eigenvalue weighted by atomic mass is 16.2. The lowest BCUT2D eigenvalue weighted by molar-refractivity contribution is -0.131. The Hall–Kier alpha value is -1.39. The molecule has 0 saturated carbocycles. The molecule has 4 nitrogen and oxygen atoms in total. The highest BCUT2D eigenvalue weighted by Crippen LogP contribution is 2.15. The molecule has 1 saturated heterocycles. The predicted molar refractivity (Wildman–Crippen MR) is 72.2 cm³/mol. The molecule has 2 unspecified atom stereocenters. The number of carbonyl (C=O) groups is 1. The molecule has 1 aliphatic heterocycles. The summed E-state index contributed by atoms with van der Waals surface area (Å²) in [5.41, 5.74) is 1.25. The van der Waals surface area contributed by atoms with Gasteiger partial charge in [0.1, 0.15) is 6.04 Å². The van der Waals surface area contributed by atoms with Gasteiger partial charge in [-0.05, 0) is 19.5 Å². The summed E-state index contributed by atoms with van der Waals surface area (Å²) in [6.07, 6.45) is 0. The Bertz CT molecular complexity index is 393. The van der Waals surface area contributed by atoms with Crippen LogP contribution >= 0.6 is 0 Å². The van der Waals surface area contributed by atoms with E-state index in [2.05, 4.69) is 34.6 Å². The number of piperazine rings is 1. The molecule has 18 heavy (non-hydrogen) atoms. The zero-order valence-corrected chi connectivity index (χ0v) is 11.0. The van der Waals surface area contributed by atoms with Gasteiger partial charge in [-0.2, -0.15) is 0 Å². The third-order valence-electron chi connectivity index (χ3n) is 3.45. The Morgan fingerprint density at radius 1 is 1.39 bits per heavy atom. The number of rotatable bonds is 4. The van der Waals surface area contributed by atoms with Gasteiger partial charge in [-0.3, -0.25) is 9.69 Å². The molecule has 1 aromatic rings. The van der Waals surface area contributed by atoms with Crippen molar-refractivity contribution in [1.82, 2.24) is 15.5 Å². The van der Waals surface area contributed by atoms with Crippen molar-refractivity contribution >= 4 is 5.91 Å². The first-order valence-electron chi connectivity index (χ1n) is 6.44. The minimum atomic E-state index is -0.0843. The Labute approximate surface area is 108 Å². The lowest BCUT2D eigenvalue weighted by atomic mass is 10.1. The second-order valence-electron chi connectivity index (χ2n) is 4.83. The fourth-order valence-corrected chi connectivity index (χ4v) is 2.40. The van der Waals surface area contributed by atoms with Crippen LogP contribution in [0, 0.1) is 0 Å². The van der Waals surface area contributed by atoms with Gasteiger partial charge in [-0.15, -0.1) is 0 Å². The number of carbonyl (C=O) groups excluding carboxylic acids is 1. The Kier molecular flexibility index (Phi) is 4.33. The summed E-state index contributed by atoms with van der Waals surface area (Å²) in [5, 5.41) is 6.06. The van der Waals surface area contributed by atoms with Crippen LogP contribution in [-0.2, 0) is 11.3 Å². The van der Waals surface area contributed by atoms with E-state index in [1.807, 2.05) is 25.2 Å². The van der Waals surface area contributed by atoms with E-state index in [1.165, 1.54) is 5.56 Å². The second kappa shape index (κ2) is 5.98.